The number of para-hydroxylation sites is 2. The predicted molar refractivity (Wildman–Crippen MR) is 218 cm³/mol. The van der Waals surface area contributed by atoms with Crippen LogP contribution in [0, 0.1) is 0 Å². The molecule has 244 valence electrons. The molecule has 0 N–H and O–H groups in total. The molecule has 0 amide bonds. The third-order valence-electron chi connectivity index (χ3n) is 10.3. The van der Waals surface area contributed by atoms with Gasteiger partial charge >= 0.3 is 0 Å². The molecule has 0 spiro atoms. The lowest BCUT2D eigenvalue weighted by molar-refractivity contribution is 0.591. The highest BCUT2D eigenvalue weighted by molar-refractivity contribution is 7.26. The number of rotatable bonds is 4. The van der Waals surface area contributed by atoms with E-state index in [0.717, 1.165) is 33.8 Å². The molecule has 0 unspecified atom stereocenters. The first-order valence-electron chi connectivity index (χ1n) is 17.6. The zero-order chi connectivity index (χ0) is 34.3. The molecule has 0 saturated carbocycles. The van der Waals surface area contributed by atoms with Crippen molar-refractivity contribution in [2.24, 2.45) is 0 Å². The summed E-state index contributed by atoms with van der Waals surface area (Å²) in [5.74, 6) is 0.934. The zero-order valence-corrected chi connectivity index (χ0v) is 29.6. The van der Waals surface area contributed by atoms with Gasteiger partial charge in [0.2, 0.25) is 0 Å². The molecule has 3 aromatic heterocycles. The molecular formula is C47H35N3S. The van der Waals surface area contributed by atoms with Crippen LogP contribution in [-0.2, 0) is 5.41 Å². The Morgan fingerprint density at radius 1 is 0.490 bits per heavy atom. The maximum atomic E-state index is 5.27. The van der Waals surface area contributed by atoms with Gasteiger partial charge in [0.05, 0.1) is 22.1 Å². The van der Waals surface area contributed by atoms with Crippen molar-refractivity contribution in [3.8, 4) is 33.9 Å². The number of benzene rings is 7. The number of thiophene rings is 1. The number of nitrogens with zero attached hydrogens (tertiary/aromatic N) is 3. The molecule has 10 rings (SSSR count). The van der Waals surface area contributed by atoms with Gasteiger partial charge < -0.3 is 4.57 Å². The topological polar surface area (TPSA) is 22.8 Å². The molecule has 0 bridgehead atoms. The third-order valence-corrected chi connectivity index (χ3v) is 11.5. The van der Waals surface area contributed by atoms with Gasteiger partial charge in [-0.05, 0) is 82.8 Å². The maximum Gasteiger partial charge on any atom is 0.145 e. The number of hydrogen-bond donors (Lipinski definition) is 0. The number of fused-ring (bicyclic) bond motifs is 7. The fourth-order valence-corrected chi connectivity index (χ4v) is 8.99. The summed E-state index contributed by atoms with van der Waals surface area (Å²) in [6, 6.07) is 57.4. The molecule has 3 nitrogen and oxygen atoms in total. The SMILES string of the molecule is CC(C)(C)c1ccc2nc(-c3cccc(-n4c5ccccc5c5cc(-c6cccc7c6sc6ccccc67)ccc54)c3)n(-c3ccccc3)c2c1. The Hall–Kier alpha value is -5.97. The molecule has 7 aromatic carbocycles. The van der Waals surface area contributed by atoms with E-state index < -0.39 is 0 Å². The van der Waals surface area contributed by atoms with Gasteiger partial charge in [-0.1, -0.05) is 118 Å². The monoisotopic (exact) mass is 673 g/mol. The smallest absolute Gasteiger partial charge is 0.145 e. The average molecular weight is 674 g/mol. The van der Waals surface area contributed by atoms with Gasteiger partial charge in [0.15, 0.2) is 0 Å². The average Bonchev–Trinajstić information content (AvgIpc) is 3.84. The Balaban J connectivity index is 1.16. The van der Waals surface area contributed by atoms with Crippen LogP contribution >= 0.6 is 11.3 Å². The molecule has 51 heavy (non-hydrogen) atoms. The van der Waals surface area contributed by atoms with E-state index >= 15 is 0 Å². The molecule has 0 aliphatic rings. The predicted octanol–water partition coefficient (Wildman–Crippen LogP) is 13.1. The van der Waals surface area contributed by atoms with Gasteiger partial charge in [0.25, 0.3) is 0 Å². The van der Waals surface area contributed by atoms with Crippen molar-refractivity contribution in [1.29, 1.82) is 0 Å². The van der Waals surface area contributed by atoms with Crippen LogP contribution in [-0.4, -0.2) is 14.1 Å². The lowest BCUT2D eigenvalue weighted by Crippen LogP contribution is -2.10. The van der Waals surface area contributed by atoms with Gasteiger partial charge in [0.1, 0.15) is 5.82 Å². The summed E-state index contributed by atoms with van der Waals surface area (Å²) in [5.41, 5.74) is 11.6. The van der Waals surface area contributed by atoms with Crippen LogP contribution in [0.4, 0.5) is 0 Å². The molecule has 3 heterocycles. The van der Waals surface area contributed by atoms with Gasteiger partial charge in [0, 0.05) is 47.9 Å². The summed E-state index contributed by atoms with van der Waals surface area (Å²) in [4.78, 5) is 5.27. The van der Waals surface area contributed by atoms with Crippen LogP contribution in [0.5, 0.6) is 0 Å². The molecule has 0 radical (unpaired) electrons. The second-order valence-corrected chi connectivity index (χ2v) is 15.5. The van der Waals surface area contributed by atoms with E-state index in [1.807, 2.05) is 11.3 Å². The normalized spacial score (nSPS) is 12.2. The van der Waals surface area contributed by atoms with Gasteiger partial charge in [-0.15, -0.1) is 11.3 Å². The minimum absolute atomic E-state index is 0.0286. The van der Waals surface area contributed by atoms with Gasteiger partial charge in [-0.25, -0.2) is 4.98 Å². The summed E-state index contributed by atoms with van der Waals surface area (Å²) in [5, 5.41) is 5.14. The molecule has 0 saturated heterocycles. The lowest BCUT2D eigenvalue weighted by atomic mass is 9.87. The summed E-state index contributed by atoms with van der Waals surface area (Å²) in [6.45, 7) is 6.79. The van der Waals surface area contributed by atoms with E-state index in [2.05, 4.69) is 188 Å². The summed E-state index contributed by atoms with van der Waals surface area (Å²) < 4.78 is 7.39. The van der Waals surface area contributed by atoms with E-state index in [1.54, 1.807) is 0 Å². The lowest BCUT2D eigenvalue weighted by Gasteiger charge is -2.19. The summed E-state index contributed by atoms with van der Waals surface area (Å²) in [7, 11) is 0. The molecule has 0 atom stereocenters. The molecular weight excluding hydrogens is 639 g/mol. The number of aromatic nitrogens is 3. The van der Waals surface area contributed by atoms with Crippen LogP contribution in [0.3, 0.4) is 0 Å². The van der Waals surface area contributed by atoms with Crippen LogP contribution in [0.25, 0.3) is 86.9 Å². The maximum absolute atomic E-state index is 5.27. The fraction of sp³-hybridized carbons (Fsp3) is 0.0851. The minimum Gasteiger partial charge on any atom is -0.309 e. The standard InChI is InChI=1S/C47H35N3S/c1-47(2,3)32-24-25-40-43(29-32)50(33-14-5-4-6-15-33)46(48-40)31-13-11-16-34(27-31)49-41-21-9-7-17-36(41)39-28-30(23-26-42(39)49)35-19-12-20-38-37-18-8-10-22-44(37)51-45(35)38/h4-29H,1-3H3. The molecule has 4 heteroatoms. The van der Waals surface area contributed by atoms with Crippen molar-refractivity contribution >= 4 is 64.3 Å². The largest absolute Gasteiger partial charge is 0.309 e. The highest BCUT2D eigenvalue weighted by Gasteiger charge is 2.21. The van der Waals surface area contributed by atoms with E-state index in [0.29, 0.717) is 0 Å². The van der Waals surface area contributed by atoms with E-state index in [4.69, 9.17) is 4.98 Å². The van der Waals surface area contributed by atoms with Crippen molar-refractivity contribution in [3.63, 3.8) is 0 Å². The molecule has 0 aliphatic carbocycles. The van der Waals surface area contributed by atoms with Crippen molar-refractivity contribution < 1.29 is 0 Å². The van der Waals surface area contributed by atoms with Crippen molar-refractivity contribution in [2.45, 2.75) is 26.2 Å². The quantitative estimate of drug-likeness (QED) is 0.182. The van der Waals surface area contributed by atoms with Crippen LogP contribution in [0.2, 0.25) is 0 Å². The zero-order valence-electron chi connectivity index (χ0n) is 28.8. The fourth-order valence-electron chi connectivity index (χ4n) is 7.75. The Bertz CT molecular complexity index is 2950. The highest BCUT2D eigenvalue weighted by atomic mass is 32.1. The Morgan fingerprint density at radius 3 is 2.08 bits per heavy atom. The van der Waals surface area contributed by atoms with Crippen molar-refractivity contribution in [2.75, 3.05) is 0 Å². The third kappa shape index (κ3) is 4.75. The molecule has 10 aromatic rings. The first-order valence-corrected chi connectivity index (χ1v) is 18.4. The Labute approximate surface area is 300 Å². The number of imidazole rings is 1. The van der Waals surface area contributed by atoms with Crippen molar-refractivity contribution in [1.82, 2.24) is 14.1 Å². The van der Waals surface area contributed by atoms with Gasteiger partial charge in [-0.2, -0.15) is 0 Å². The number of hydrogen-bond acceptors (Lipinski definition) is 2. The first-order chi connectivity index (χ1) is 24.9. The molecule has 0 aliphatic heterocycles. The van der Waals surface area contributed by atoms with Crippen LogP contribution in [0.15, 0.2) is 158 Å². The van der Waals surface area contributed by atoms with E-state index in [1.165, 1.54) is 58.7 Å². The Kier molecular flexibility index (Phi) is 6.61. The second-order valence-electron chi connectivity index (χ2n) is 14.5. The molecule has 0 fully saturated rings. The van der Waals surface area contributed by atoms with Crippen LogP contribution < -0.4 is 0 Å². The Morgan fingerprint density at radius 2 is 1.22 bits per heavy atom. The highest BCUT2D eigenvalue weighted by Crippen LogP contribution is 2.42. The van der Waals surface area contributed by atoms with Crippen molar-refractivity contribution in [3.05, 3.63) is 163 Å². The summed E-state index contributed by atoms with van der Waals surface area (Å²) >= 11 is 1.88. The van der Waals surface area contributed by atoms with E-state index in [-0.39, 0.29) is 5.41 Å². The summed E-state index contributed by atoms with van der Waals surface area (Å²) in [6.07, 6.45) is 0. The first kappa shape index (κ1) is 29.9. The van der Waals surface area contributed by atoms with E-state index in [9.17, 15) is 0 Å². The minimum atomic E-state index is 0.0286. The second kappa shape index (κ2) is 11.3. The van der Waals surface area contributed by atoms with Crippen LogP contribution in [0.1, 0.15) is 26.3 Å². The van der Waals surface area contributed by atoms with Gasteiger partial charge in [-0.3, -0.25) is 4.57 Å².